The van der Waals surface area contributed by atoms with Crippen LogP contribution in [0.15, 0.2) is 48.8 Å². The number of carbonyl (C=O) groups is 1. The van der Waals surface area contributed by atoms with Gasteiger partial charge in [-0.05, 0) is 36.1 Å². The molecule has 1 aliphatic heterocycles. The maximum Gasteiger partial charge on any atom is 0.323 e. The van der Waals surface area contributed by atoms with Gasteiger partial charge in [0.2, 0.25) is 11.8 Å². The van der Waals surface area contributed by atoms with Crippen molar-refractivity contribution < 1.29 is 38.3 Å². The van der Waals surface area contributed by atoms with Crippen LogP contribution >= 0.6 is 7.52 Å². The maximum atomic E-state index is 14.8. The molecule has 1 aliphatic rings. The van der Waals surface area contributed by atoms with Crippen LogP contribution in [0.25, 0.3) is 21.9 Å². The van der Waals surface area contributed by atoms with Gasteiger partial charge in [-0.25, -0.2) is 10.1 Å². The van der Waals surface area contributed by atoms with Gasteiger partial charge in [-0.3, -0.25) is 13.9 Å². The molecule has 5 N–H and O–H groups in total. The van der Waals surface area contributed by atoms with Crippen LogP contribution in [-0.2, 0) is 23.4 Å². The third kappa shape index (κ3) is 6.53. The highest BCUT2D eigenvalue weighted by Crippen LogP contribution is 2.47. The standard InChI is InChI=1S/C30H39N6O8P/c1-17(26(38)42-15-29(2,3)4)35-45(40,21-13-9-11-18-10-7-8-12-19(18)21)43-14-20-23(37)30(5,39)27(44-20)36-16-32-22-24(36)33-28(31)34-25(22)41-6/h7-13,16-17,20,23,27,37,39H,14-15H2,1-6H3,(H,35,40)(H2,31,33,34)/t17-,20+,23+,27+,30+,45?/m1/s1. The van der Waals surface area contributed by atoms with Gasteiger partial charge in [-0.1, -0.05) is 57.2 Å². The second-order valence-corrected chi connectivity index (χ2v) is 14.6. The average Bonchev–Trinajstić information content (AvgIpc) is 3.50. The number of aliphatic hydroxyl groups excluding tert-OH is 1. The minimum Gasteiger partial charge on any atom is -0.479 e. The van der Waals surface area contributed by atoms with Crippen molar-refractivity contribution in [1.82, 2.24) is 24.6 Å². The minimum atomic E-state index is -4.04. The van der Waals surface area contributed by atoms with Gasteiger partial charge in [0.25, 0.3) is 0 Å². The molecule has 1 fully saturated rings. The molecule has 242 valence electrons. The zero-order valence-electron chi connectivity index (χ0n) is 26.0. The molecule has 0 aliphatic carbocycles. The lowest BCUT2D eigenvalue weighted by Crippen LogP contribution is -2.44. The zero-order chi connectivity index (χ0) is 32.7. The Bertz CT molecular complexity index is 1750. The summed E-state index contributed by atoms with van der Waals surface area (Å²) < 4.78 is 39.1. The molecule has 1 saturated heterocycles. The number of nitrogens with zero attached hydrogens (tertiary/aromatic N) is 4. The van der Waals surface area contributed by atoms with Gasteiger partial charge in [0.05, 0.1) is 32.0 Å². The summed E-state index contributed by atoms with van der Waals surface area (Å²) >= 11 is 0. The van der Waals surface area contributed by atoms with Crippen molar-refractivity contribution in [2.45, 2.75) is 64.7 Å². The highest BCUT2D eigenvalue weighted by Gasteiger charge is 2.54. The number of nitrogens with one attached hydrogen (secondary N) is 1. The molecule has 2 aromatic carbocycles. The molecule has 0 amide bonds. The first kappa shape index (κ1) is 32.7. The summed E-state index contributed by atoms with van der Waals surface area (Å²) in [6, 6.07) is 11.6. The lowest BCUT2D eigenvalue weighted by atomic mass is 9.96. The number of rotatable bonds is 10. The molecule has 0 radical (unpaired) electrons. The van der Waals surface area contributed by atoms with Gasteiger partial charge in [-0.2, -0.15) is 9.97 Å². The molecule has 15 heteroatoms. The van der Waals surface area contributed by atoms with Crippen molar-refractivity contribution in [3.8, 4) is 5.88 Å². The number of methoxy groups -OCH3 is 1. The van der Waals surface area contributed by atoms with E-state index in [1.807, 2.05) is 45.0 Å². The number of aliphatic hydroxyl groups is 2. The van der Waals surface area contributed by atoms with Crippen LogP contribution in [0.5, 0.6) is 5.88 Å². The summed E-state index contributed by atoms with van der Waals surface area (Å²) in [5.41, 5.74) is 4.21. The molecule has 0 spiro atoms. The van der Waals surface area contributed by atoms with E-state index in [0.29, 0.717) is 10.7 Å². The number of aromatic nitrogens is 4. The Kier molecular flexibility index (Phi) is 8.93. The van der Waals surface area contributed by atoms with Crippen molar-refractivity contribution in [1.29, 1.82) is 0 Å². The molecular formula is C30H39N6O8P. The normalized spacial score (nSPS) is 24.0. The lowest BCUT2D eigenvalue weighted by molar-refractivity contribution is -0.148. The molecule has 2 aromatic heterocycles. The van der Waals surface area contributed by atoms with Crippen LogP contribution in [0.1, 0.15) is 40.8 Å². The molecule has 4 aromatic rings. The van der Waals surface area contributed by atoms with Crippen molar-refractivity contribution in [3.63, 3.8) is 0 Å². The molecule has 1 unspecified atom stereocenters. The Labute approximate surface area is 260 Å². The lowest BCUT2D eigenvalue weighted by Gasteiger charge is -2.28. The number of hydrogen-bond donors (Lipinski definition) is 4. The van der Waals surface area contributed by atoms with Crippen LogP contribution in [0.3, 0.4) is 0 Å². The van der Waals surface area contributed by atoms with E-state index in [9.17, 15) is 19.6 Å². The number of nitrogen functional groups attached to an aromatic ring is 1. The second kappa shape index (κ2) is 12.3. The van der Waals surface area contributed by atoms with Crippen molar-refractivity contribution in [2.24, 2.45) is 5.41 Å². The van der Waals surface area contributed by atoms with Gasteiger partial charge in [0.15, 0.2) is 17.4 Å². The zero-order valence-corrected chi connectivity index (χ0v) is 26.9. The molecule has 14 nitrogen and oxygen atoms in total. The van der Waals surface area contributed by atoms with Crippen LogP contribution in [0, 0.1) is 5.41 Å². The summed E-state index contributed by atoms with van der Waals surface area (Å²) in [6.07, 6.45) is -2.47. The van der Waals surface area contributed by atoms with Crippen LogP contribution < -0.4 is 20.9 Å². The Balaban J connectivity index is 1.44. The Morgan fingerprint density at radius 3 is 2.64 bits per heavy atom. The second-order valence-electron chi connectivity index (χ2n) is 12.5. The predicted octanol–water partition coefficient (Wildman–Crippen LogP) is 2.68. The summed E-state index contributed by atoms with van der Waals surface area (Å²) in [5, 5.41) is 27.3. The Morgan fingerprint density at radius 1 is 1.22 bits per heavy atom. The Morgan fingerprint density at radius 2 is 1.93 bits per heavy atom. The van der Waals surface area contributed by atoms with Gasteiger partial charge < -0.3 is 34.7 Å². The van der Waals surface area contributed by atoms with E-state index in [2.05, 4.69) is 20.0 Å². The number of benzene rings is 2. The third-order valence-corrected chi connectivity index (χ3v) is 9.74. The molecule has 3 heterocycles. The summed E-state index contributed by atoms with van der Waals surface area (Å²) in [5.74, 6) is -0.555. The monoisotopic (exact) mass is 642 g/mol. The van der Waals surface area contributed by atoms with E-state index in [-0.39, 0.29) is 35.0 Å². The first-order valence-electron chi connectivity index (χ1n) is 14.4. The van der Waals surface area contributed by atoms with Crippen molar-refractivity contribution in [2.75, 3.05) is 26.1 Å². The number of nitrogens with two attached hydrogens (primary N) is 1. The first-order valence-corrected chi connectivity index (χ1v) is 16.0. The van der Waals surface area contributed by atoms with E-state index in [4.69, 9.17) is 24.5 Å². The fourth-order valence-electron chi connectivity index (χ4n) is 5.14. The Hall–Kier alpha value is -3.65. The van der Waals surface area contributed by atoms with Gasteiger partial charge in [-0.15, -0.1) is 0 Å². The molecule has 0 bridgehead atoms. The quantitative estimate of drug-likeness (QED) is 0.146. The number of imidazole rings is 1. The van der Waals surface area contributed by atoms with Gasteiger partial charge >= 0.3 is 13.5 Å². The smallest absolute Gasteiger partial charge is 0.323 e. The molecule has 45 heavy (non-hydrogen) atoms. The number of anilines is 1. The minimum absolute atomic E-state index is 0.0866. The van der Waals surface area contributed by atoms with E-state index in [0.717, 1.165) is 5.39 Å². The maximum absolute atomic E-state index is 14.8. The fourth-order valence-corrected chi connectivity index (χ4v) is 7.27. The number of ether oxygens (including phenoxy) is 3. The molecular weight excluding hydrogens is 603 g/mol. The predicted molar refractivity (Wildman–Crippen MR) is 167 cm³/mol. The molecule has 0 saturated carbocycles. The molecule has 5 rings (SSSR count). The topological polar surface area (TPSA) is 193 Å². The average molecular weight is 643 g/mol. The number of carbonyl (C=O) groups excluding carboxylic acids is 1. The van der Waals surface area contributed by atoms with Crippen LogP contribution in [-0.4, -0.2) is 79.9 Å². The number of fused-ring (bicyclic) bond motifs is 2. The van der Waals surface area contributed by atoms with Gasteiger partial charge in [0.1, 0.15) is 23.9 Å². The first-order chi connectivity index (χ1) is 21.1. The number of hydrogen-bond acceptors (Lipinski definition) is 12. The van der Waals surface area contributed by atoms with Crippen molar-refractivity contribution in [3.05, 3.63) is 48.8 Å². The number of esters is 1. The highest BCUT2D eigenvalue weighted by molar-refractivity contribution is 7.65. The van der Waals surface area contributed by atoms with Crippen LogP contribution in [0.2, 0.25) is 0 Å². The summed E-state index contributed by atoms with van der Waals surface area (Å²) in [7, 11) is -2.64. The summed E-state index contributed by atoms with van der Waals surface area (Å²) in [4.78, 5) is 25.4. The SMILES string of the molecule is COc1nc(N)nc2c1ncn2[C@H]1O[C@@H](COP(=O)(N[C@H](C)C(=O)OCC(C)(C)C)c2cccc3ccccc23)[C@H](O)[C@]1(C)O. The van der Waals surface area contributed by atoms with Crippen LogP contribution in [0.4, 0.5) is 5.95 Å². The van der Waals surface area contributed by atoms with E-state index < -0.39 is 50.2 Å². The fraction of sp³-hybridized carbons (Fsp3) is 0.467. The van der Waals surface area contributed by atoms with Crippen molar-refractivity contribution >= 4 is 46.7 Å². The summed E-state index contributed by atoms with van der Waals surface area (Å²) in [6.45, 7) is 8.48. The highest BCUT2D eigenvalue weighted by atomic mass is 31.2. The van der Waals surface area contributed by atoms with E-state index in [1.54, 1.807) is 25.1 Å². The molecule has 6 atom stereocenters. The van der Waals surface area contributed by atoms with Gasteiger partial charge in [0, 0.05) is 0 Å². The van der Waals surface area contributed by atoms with E-state index >= 15 is 0 Å². The van der Waals surface area contributed by atoms with E-state index in [1.165, 1.54) is 24.9 Å². The largest absolute Gasteiger partial charge is 0.479 e. The third-order valence-electron chi connectivity index (χ3n) is 7.48.